The lowest BCUT2D eigenvalue weighted by molar-refractivity contribution is 0.400. The molecular formula is C34H38BrN5O3S2Si. The van der Waals surface area contributed by atoms with E-state index in [9.17, 15) is 0 Å². The van der Waals surface area contributed by atoms with Gasteiger partial charge in [-0.2, -0.15) is 9.10 Å². The predicted octanol–water partition coefficient (Wildman–Crippen LogP) is 7.98. The molecule has 5 aromatic rings. The Hall–Kier alpha value is -3.29. The third-order valence-electron chi connectivity index (χ3n) is 7.34. The van der Waals surface area contributed by atoms with Gasteiger partial charge in [-0.3, -0.25) is 0 Å². The molecule has 0 saturated carbocycles. The maximum atomic E-state index is 15.0. The first-order valence-electron chi connectivity index (χ1n) is 15.0. The van der Waals surface area contributed by atoms with Gasteiger partial charge in [0.05, 0.1) is 19.2 Å². The Kier molecular flexibility index (Phi) is 11.2. The van der Waals surface area contributed by atoms with Crippen molar-refractivity contribution < 1.29 is 13.2 Å². The molecule has 0 unspecified atom stereocenters. The van der Waals surface area contributed by atoms with Crippen LogP contribution in [0, 0.1) is 0 Å². The lowest BCUT2D eigenvalue weighted by Gasteiger charge is -2.26. The summed E-state index contributed by atoms with van der Waals surface area (Å²) in [5.74, 6) is 1.81. The molecule has 0 saturated heterocycles. The first kappa shape index (κ1) is 34.1. The van der Waals surface area contributed by atoms with Crippen molar-refractivity contribution in [3.05, 3.63) is 118 Å². The molecule has 240 valence electrons. The number of hydrogen-bond acceptors (Lipinski definition) is 7. The van der Waals surface area contributed by atoms with Crippen LogP contribution in [-0.2, 0) is 29.7 Å². The zero-order chi connectivity index (χ0) is 32.7. The Morgan fingerprint density at radius 3 is 2.02 bits per heavy atom. The van der Waals surface area contributed by atoms with Gasteiger partial charge in [-0.1, -0.05) is 92.4 Å². The van der Waals surface area contributed by atoms with E-state index >= 15 is 8.42 Å². The highest BCUT2D eigenvalue weighted by Crippen LogP contribution is 2.41. The molecule has 0 fully saturated rings. The number of benzene rings is 4. The first-order valence-corrected chi connectivity index (χ1v) is 21.9. The summed E-state index contributed by atoms with van der Waals surface area (Å²) in [6.07, 6.45) is 0. The summed E-state index contributed by atoms with van der Waals surface area (Å²) in [5.41, 5.74) is 3.17. The van der Waals surface area contributed by atoms with Crippen LogP contribution in [0.5, 0.6) is 5.75 Å². The molecule has 0 aliphatic rings. The monoisotopic (exact) mass is 735 g/mol. The number of ether oxygens (including phenoxy) is 1. The van der Waals surface area contributed by atoms with E-state index in [1.807, 2.05) is 97.1 Å². The number of aromatic nitrogens is 4. The molecule has 12 heteroatoms. The predicted molar refractivity (Wildman–Crippen MR) is 191 cm³/mol. The molecular weight excluding hydrogens is 699 g/mol. The second kappa shape index (κ2) is 15.1. The van der Waals surface area contributed by atoms with Gasteiger partial charge in [0.25, 0.3) is 0 Å². The van der Waals surface area contributed by atoms with Crippen LogP contribution in [0.15, 0.2) is 111 Å². The van der Waals surface area contributed by atoms with Gasteiger partial charge in [0.1, 0.15) is 10.6 Å². The van der Waals surface area contributed by atoms with Gasteiger partial charge >= 0.3 is 0 Å². The van der Waals surface area contributed by atoms with Gasteiger partial charge in [0, 0.05) is 30.5 Å². The normalized spacial score (nSPS) is 12.0. The lowest BCUT2D eigenvalue weighted by atomic mass is 10.2. The first-order chi connectivity index (χ1) is 22.0. The van der Waals surface area contributed by atoms with Crippen LogP contribution in [0.3, 0.4) is 0 Å². The molecule has 46 heavy (non-hydrogen) atoms. The molecule has 1 aromatic heterocycles. The number of halogens is 1. The summed E-state index contributed by atoms with van der Waals surface area (Å²) in [7, 11) is -3.83. The van der Waals surface area contributed by atoms with Crippen LogP contribution in [0.2, 0.25) is 25.7 Å². The minimum Gasteiger partial charge on any atom is -0.497 e. The lowest BCUT2D eigenvalue weighted by Crippen LogP contribution is -2.31. The van der Waals surface area contributed by atoms with Crippen molar-refractivity contribution in [1.82, 2.24) is 24.5 Å². The highest BCUT2D eigenvalue weighted by molar-refractivity contribution is 9.10. The van der Waals surface area contributed by atoms with Gasteiger partial charge < -0.3 is 4.74 Å². The van der Waals surface area contributed by atoms with Crippen LogP contribution in [0.4, 0.5) is 0 Å². The Labute approximate surface area is 285 Å². The van der Waals surface area contributed by atoms with E-state index in [1.54, 1.807) is 23.2 Å². The van der Waals surface area contributed by atoms with Gasteiger partial charge in [-0.05, 0) is 73.9 Å². The van der Waals surface area contributed by atoms with Crippen LogP contribution in [-0.4, -0.2) is 53.9 Å². The van der Waals surface area contributed by atoms with Crippen molar-refractivity contribution in [2.45, 2.75) is 55.1 Å². The number of rotatable bonds is 14. The number of hydrogen-bond donors (Lipinski definition) is 0. The van der Waals surface area contributed by atoms with Crippen molar-refractivity contribution in [1.29, 1.82) is 0 Å². The standard InChI is InChI=1S/C34H38BrN5O3S2Si/c1-43-29-17-15-28(16-18-29)25-40-37-34(36-38-40)32-30(35)19-20-31(44-21-22-46(2,3)4)33(32)45(41,42)39(23-26-11-7-5-8-12-26)24-27-13-9-6-10-14-27/h5-20H,21-25H2,1-4H3. The van der Waals surface area contributed by atoms with Gasteiger partial charge in [0.2, 0.25) is 15.8 Å². The molecule has 1 heterocycles. The van der Waals surface area contributed by atoms with Crippen LogP contribution < -0.4 is 4.74 Å². The third kappa shape index (κ3) is 8.74. The Balaban J connectivity index is 1.60. The molecule has 8 nitrogen and oxygen atoms in total. The average Bonchev–Trinajstić information content (AvgIpc) is 3.50. The fourth-order valence-electron chi connectivity index (χ4n) is 4.82. The van der Waals surface area contributed by atoms with E-state index in [0.717, 1.165) is 34.2 Å². The summed E-state index contributed by atoms with van der Waals surface area (Å²) in [5, 5.41) is 13.4. The molecule has 0 amide bonds. The van der Waals surface area contributed by atoms with Gasteiger partial charge in [-0.15, -0.1) is 22.0 Å². The smallest absolute Gasteiger partial charge is 0.245 e. The topological polar surface area (TPSA) is 90.2 Å². The van der Waals surface area contributed by atoms with Crippen molar-refractivity contribution in [3.8, 4) is 17.1 Å². The zero-order valence-corrected chi connectivity index (χ0v) is 30.6. The minimum absolute atomic E-state index is 0.193. The van der Waals surface area contributed by atoms with Crippen LogP contribution in [0.25, 0.3) is 11.4 Å². The molecule has 0 aliphatic carbocycles. The number of tetrazole rings is 1. The summed E-state index contributed by atoms with van der Waals surface area (Å²) in [6, 6.07) is 31.8. The minimum atomic E-state index is -4.09. The maximum Gasteiger partial charge on any atom is 0.245 e. The number of thioether (sulfide) groups is 1. The Bertz CT molecular complexity index is 1810. The van der Waals surface area contributed by atoms with Gasteiger partial charge in [0.15, 0.2) is 0 Å². The molecule has 0 radical (unpaired) electrons. The van der Waals surface area contributed by atoms with Crippen LogP contribution >= 0.6 is 27.7 Å². The molecule has 4 aromatic carbocycles. The van der Waals surface area contributed by atoms with E-state index < -0.39 is 18.1 Å². The van der Waals surface area contributed by atoms with Gasteiger partial charge in [-0.25, -0.2) is 8.42 Å². The second-order valence-electron chi connectivity index (χ2n) is 12.1. The third-order valence-corrected chi connectivity index (χ3v) is 13.2. The summed E-state index contributed by atoms with van der Waals surface area (Å²) >= 11 is 5.24. The summed E-state index contributed by atoms with van der Waals surface area (Å²) in [6.45, 7) is 7.76. The fourth-order valence-corrected chi connectivity index (χ4v) is 11.1. The van der Waals surface area contributed by atoms with E-state index in [2.05, 4.69) is 51.0 Å². The number of methoxy groups -OCH3 is 1. The van der Waals surface area contributed by atoms with Crippen molar-refractivity contribution >= 4 is 45.8 Å². The molecule has 5 rings (SSSR count). The molecule has 0 aliphatic heterocycles. The Morgan fingerprint density at radius 2 is 1.46 bits per heavy atom. The van der Waals surface area contributed by atoms with E-state index in [4.69, 9.17) is 4.74 Å². The molecule has 0 atom stereocenters. The quantitative estimate of drug-likeness (QED) is 0.0844. The van der Waals surface area contributed by atoms with Crippen LogP contribution in [0.1, 0.15) is 16.7 Å². The number of nitrogens with zero attached hydrogens (tertiary/aromatic N) is 5. The van der Waals surface area contributed by atoms with Crippen molar-refractivity contribution in [3.63, 3.8) is 0 Å². The molecule has 0 N–H and O–H groups in total. The maximum absolute atomic E-state index is 15.0. The summed E-state index contributed by atoms with van der Waals surface area (Å²) in [4.78, 5) is 2.35. The van der Waals surface area contributed by atoms with Crippen molar-refractivity contribution in [2.24, 2.45) is 0 Å². The average molecular weight is 737 g/mol. The highest BCUT2D eigenvalue weighted by Gasteiger charge is 2.34. The summed E-state index contributed by atoms with van der Waals surface area (Å²) < 4.78 is 37.5. The van der Waals surface area contributed by atoms with E-state index in [0.29, 0.717) is 21.5 Å². The molecule has 0 spiro atoms. The SMILES string of the molecule is COc1ccc(Cn2nnc(-c3c(Br)ccc(SCC[Si](C)(C)C)c3S(=O)(=O)N(Cc3ccccc3)Cc3ccccc3)n2)cc1. The van der Waals surface area contributed by atoms with Crippen molar-refractivity contribution in [2.75, 3.05) is 12.9 Å². The second-order valence-corrected chi connectivity index (χ2v) is 21.6. The number of sulfonamides is 1. The molecule has 0 bridgehead atoms. The van der Waals surface area contributed by atoms with E-state index in [1.165, 1.54) is 4.80 Å². The van der Waals surface area contributed by atoms with E-state index in [-0.39, 0.29) is 23.8 Å². The highest BCUT2D eigenvalue weighted by atomic mass is 79.9. The largest absolute Gasteiger partial charge is 0.497 e. The zero-order valence-electron chi connectivity index (χ0n) is 26.4. The fraction of sp³-hybridized carbons (Fsp3) is 0.265. The Morgan fingerprint density at radius 1 is 0.848 bits per heavy atom.